The van der Waals surface area contributed by atoms with Gasteiger partial charge in [-0.25, -0.2) is 0 Å². The van der Waals surface area contributed by atoms with Crippen molar-refractivity contribution in [2.75, 3.05) is 39.8 Å². The molecule has 0 atom stereocenters. The van der Waals surface area contributed by atoms with Gasteiger partial charge in [0.05, 0.1) is 13.2 Å². The largest absolute Gasteiger partial charge is 0.465 e. The monoisotopic (exact) mass is 214 g/mol. The second-order valence-corrected chi connectivity index (χ2v) is 4.18. The van der Waals surface area contributed by atoms with Gasteiger partial charge in [-0.1, -0.05) is 0 Å². The van der Waals surface area contributed by atoms with Crippen LogP contribution in [0, 0.1) is 5.92 Å². The molecule has 0 bridgehead atoms. The van der Waals surface area contributed by atoms with Gasteiger partial charge in [0.1, 0.15) is 0 Å². The summed E-state index contributed by atoms with van der Waals surface area (Å²) >= 11 is 0. The topological polar surface area (TPSA) is 41.6 Å². The molecule has 15 heavy (non-hydrogen) atoms. The Morgan fingerprint density at radius 3 is 2.73 bits per heavy atom. The maximum atomic E-state index is 11.0. The lowest BCUT2D eigenvalue weighted by Crippen LogP contribution is -2.36. The highest BCUT2D eigenvalue weighted by Crippen LogP contribution is 2.14. The molecule has 0 unspecified atom stereocenters. The first-order chi connectivity index (χ1) is 7.22. The number of hydrogen-bond donors (Lipinski definition) is 1. The summed E-state index contributed by atoms with van der Waals surface area (Å²) in [7, 11) is 2.16. The highest BCUT2D eigenvalue weighted by molar-refractivity contribution is 5.71. The second kappa shape index (κ2) is 6.80. The lowest BCUT2D eigenvalue weighted by atomic mass is 9.97. The third kappa shape index (κ3) is 5.14. The quantitative estimate of drug-likeness (QED) is 0.676. The molecule has 0 aromatic carbocycles. The zero-order valence-corrected chi connectivity index (χ0v) is 9.79. The van der Waals surface area contributed by atoms with E-state index in [1.54, 1.807) is 0 Å². The van der Waals surface area contributed by atoms with Gasteiger partial charge in [0, 0.05) is 0 Å². The smallest absolute Gasteiger partial charge is 0.319 e. The summed E-state index contributed by atoms with van der Waals surface area (Å²) in [6.45, 7) is 5.92. The van der Waals surface area contributed by atoms with Crippen molar-refractivity contribution < 1.29 is 9.53 Å². The van der Waals surface area contributed by atoms with E-state index in [1.807, 2.05) is 6.92 Å². The lowest BCUT2D eigenvalue weighted by molar-refractivity contribution is -0.142. The van der Waals surface area contributed by atoms with Crippen LogP contribution in [-0.2, 0) is 9.53 Å². The minimum Gasteiger partial charge on any atom is -0.465 e. The standard InChI is InChI=1S/C11H22N2O2/c1-3-15-11(14)9-12-8-10-4-6-13(2)7-5-10/h10,12H,3-9H2,1-2H3. The van der Waals surface area contributed by atoms with Crippen molar-refractivity contribution in [1.29, 1.82) is 0 Å². The number of hydrogen-bond acceptors (Lipinski definition) is 4. The van der Waals surface area contributed by atoms with Crippen molar-refractivity contribution in [1.82, 2.24) is 10.2 Å². The fourth-order valence-electron chi connectivity index (χ4n) is 1.86. The molecule has 1 N–H and O–H groups in total. The van der Waals surface area contributed by atoms with E-state index in [9.17, 15) is 4.79 Å². The van der Waals surface area contributed by atoms with Gasteiger partial charge < -0.3 is 15.0 Å². The predicted octanol–water partition coefficient (Wildman–Crippen LogP) is 0.481. The lowest BCUT2D eigenvalue weighted by Gasteiger charge is -2.28. The molecule has 0 aliphatic carbocycles. The van der Waals surface area contributed by atoms with Crippen molar-refractivity contribution in [2.45, 2.75) is 19.8 Å². The van der Waals surface area contributed by atoms with Crippen molar-refractivity contribution in [3.8, 4) is 0 Å². The fourth-order valence-corrected chi connectivity index (χ4v) is 1.86. The third-order valence-electron chi connectivity index (χ3n) is 2.85. The van der Waals surface area contributed by atoms with Crippen LogP contribution in [0.4, 0.5) is 0 Å². The number of nitrogens with zero attached hydrogens (tertiary/aromatic N) is 1. The molecular formula is C11H22N2O2. The Morgan fingerprint density at radius 2 is 2.13 bits per heavy atom. The number of piperidine rings is 1. The van der Waals surface area contributed by atoms with Crippen LogP contribution in [0.25, 0.3) is 0 Å². The van der Waals surface area contributed by atoms with E-state index in [1.165, 1.54) is 25.9 Å². The van der Waals surface area contributed by atoms with Crippen LogP contribution in [0.1, 0.15) is 19.8 Å². The molecule has 1 saturated heterocycles. The van der Waals surface area contributed by atoms with Crippen LogP contribution in [0.5, 0.6) is 0 Å². The molecule has 88 valence electrons. The molecule has 0 saturated carbocycles. The number of nitrogens with one attached hydrogen (secondary N) is 1. The number of likely N-dealkylation sites (tertiary alicyclic amines) is 1. The molecule has 1 aliphatic rings. The van der Waals surface area contributed by atoms with Crippen molar-refractivity contribution in [3.63, 3.8) is 0 Å². The van der Waals surface area contributed by atoms with Crippen molar-refractivity contribution in [2.24, 2.45) is 5.92 Å². The molecule has 1 aliphatic heterocycles. The van der Waals surface area contributed by atoms with E-state index < -0.39 is 0 Å². The van der Waals surface area contributed by atoms with Crippen LogP contribution >= 0.6 is 0 Å². The Hall–Kier alpha value is -0.610. The van der Waals surface area contributed by atoms with Gasteiger partial charge in [-0.2, -0.15) is 0 Å². The summed E-state index contributed by atoms with van der Waals surface area (Å²) in [6.07, 6.45) is 2.46. The first kappa shape index (κ1) is 12.5. The van der Waals surface area contributed by atoms with Gasteiger partial charge in [0.15, 0.2) is 0 Å². The first-order valence-electron chi connectivity index (χ1n) is 5.77. The molecule has 4 heteroatoms. The van der Waals surface area contributed by atoms with Gasteiger partial charge in [-0.3, -0.25) is 4.79 Å². The van der Waals surface area contributed by atoms with E-state index in [0.717, 1.165) is 12.5 Å². The fraction of sp³-hybridized carbons (Fsp3) is 0.909. The van der Waals surface area contributed by atoms with E-state index in [-0.39, 0.29) is 5.97 Å². The highest BCUT2D eigenvalue weighted by atomic mass is 16.5. The Balaban J connectivity index is 2.02. The molecule has 4 nitrogen and oxygen atoms in total. The summed E-state index contributed by atoms with van der Waals surface area (Å²) in [5, 5.41) is 3.16. The molecule has 0 aromatic heterocycles. The van der Waals surface area contributed by atoms with E-state index in [0.29, 0.717) is 13.2 Å². The summed E-state index contributed by atoms with van der Waals surface area (Å²) in [5.74, 6) is 0.570. The zero-order valence-electron chi connectivity index (χ0n) is 9.79. The SMILES string of the molecule is CCOC(=O)CNCC1CCN(C)CC1. The zero-order chi connectivity index (χ0) is 11.1. The van der Waals surface area contributed by atoms with Gasteiger partial charge in [-0.15, -0.1) is 0 Å². The second-order valence-electron chi connectivity index (χ2n) is 4.18. The Morgan fingerprint density at radius 1 is 1.47 bits per heavy atom. The highest BCUT2D eigenvalue weighted by Gasteiger charge is 2.16. The summed E-state index contributed by atoms with van der Waals surface area (Å²) < 4.78 is 4.84. The van der Waals surface area contributed by atoms with Crippen LogP contribution in [0.3, 0.4) is 0 Å². The number of ether oxygens (including phenoxy) is 1. The van der Waals surface area contributed by atoms with Crippen LogP contribution in [0.15, 0.2) is 0 Å². The average molecular weight is 214 g/mol. The molecule has 1 rings (SSSR count). The number of carbonyl (C=O) groups excluding carboxylic acids is 1. The van der Waals surface area contributed by atoms with E-state index in [4.69, 9.17) is 4.74 Å². The maximum absolute atomic E-state index is 11.0. The average Bonchev–Trinajstić information content (AvgIpc) is 2.21. The third-order valence-corrected chi connectivity index (χ3v) is 2.85. The molecular weight excluding hydrogens is 192 g/mol. The van der Waals surface area contributed by atoms with Gasteiger partial charge >= 0.3 is 5.97 Å². The Kier molecular flexibility index (Phi) is 5.65. The van der Waals surface area contributed by atoms with Gasteiger partial charge in [-0.05, 0) is 52.4 Å². The molecule has 0 amide bonds. The van der Waals surface area contributed by atoms with Crippen LogP contribution in [-0.4, -0.2) is 50.7 Å². The number of rotatable bonds is 5. The summed E-state index contributed by atoms with van der Waals surface area (Å²) in [6, 6.07) is 0. The summed E-state index contributed by atoms with van der Waals surface area (Å²) in [4.78, 5) is 13.4. The van der Waals surface area contributed by atoms with Crippen LogP contribution in [0.2, 0.25) is 0 Å². The van der Waals surface area contributed by atoms with Crippen molar-refractivity contribution >= 4 is 5.97 Å². The predicted molar refractivity (Wildman–Crippen MR) is 59.7 cm³/mol. The molecule has 0 aromatic rings. The summed E-state index contributed by atoms with van der Waals surface area (Å²) in [5.41, 5.74) is 0. The molecule has 1 fully saturated rings. The van der Waals surface area contributed by atoms with Gasteiger partial charge in [0.2, 0.25) is 0 Å². The van der Waals surface area contributed by atoms with E-state index in [2.05, 4.69) is 17.3 Å². The molecule has 0 radical (unpaired) electrons. The van der Waals surface area contributed by atoms with Crippen LogP contribution < -0.4 is 5.32 Å². The molecule has 1 heterocycles. The first-order valence-corrected chi connectivity index (χ1v) is 5.77. The normalized spacial score (nSPS) is 19.1. The molecule has 0 spiro atoms. The number of esters is 1. The van der Waals surface area contributed by atoms with E-state index >= 15 is 0 Å². The van der Waals surface area contributed by atoms with Gasteiger partial charge in [0.25, 0.3) is 0 Å². The Bertz CT molecular complexity index is 189. The van der Waals surface area contributed by atoms with Crippen molar-refractivity contribution in [3.05, 3.63) is 0 Å². The minimum atomic E-state index is -0.148. The Labute approximate surface area is 92.0 Å². The number of carbonyl (C=O) groups is 1. The minimum absolute atomic E-state index is 0.148. The maximum Gasteiger partial charge on any atom is 0.319 e.